The second-order valence-corrected chi connectivity index (χ2v) is 13.6. The highest BCUT2D eigenvalue weighted by atomic mass is 32.1. The molecule has 2 aromatic heterocycles. The molecule has 2 aromatic carbocycles. The van der Waals surface area contributed by atoms with E-state index < -0.39 is 0 Å². The zero-order chi connectivity index (χ0) is 32.5. The van der Waals surface area contributed by atoms with Crippen LogP contribution in [0.2, 0.25) is 0 Å². The van der Waals surface area contributed by atoms with Crippen molar-refractivity contribution in [1.82, 2.24) is 25.5 Å². The molecule has 2 amide bonds. The van der Waals surface area contributed by atoms with Crippen molar-refractivity contribution in [1.29, 1.82) is 0 Å². The highest BCUT2D eigenvalue weighted by Gasteiger charge is 2.22. The molecular weight excluding hydrogens is 593 g/mol. The first kappa shape index (κ1) is 33.3. The van der Waals surface area contributed by atoms with Crippen LogP contribution in [0.25, 0.3) is 0 Å². The summed E-state index contributed by atoms with van der Waals surface area (Å²) in [6, 6.07) is 18.0. The van der Waals surface area contributed by atoms with E-state index >= 15 is 0 Å². The van der Waals surface area contributed by atoms with E-state index in [0.29, 0.717) is 30.0 Å². The number of rotatable bonds is 14. The van der Waals surface area contributed by atoms with Crippen LogP contribution in [0.3, 0.4) is 0 Å². The molecular formula is C37H46N6O2S. The van der Waals surface area contributed by atoms with E-state index in [-0.39, 0.29) is 17.9 Å². The number of aryl methyl sites for hydroxylation is 1. The lowest BCUT2D eigenvalue weighted by Crippen LogP contribution is -2.39. The molecule has 0 radical (unpaired) electrons. The maximum atomic E-state index is 13.9. The first-order valence-corrected chi connectivity index (χ1v) is 17.2. The molecule has 5 rings (SSSR count). The molecule has 1 atom stereocenters. The molecule has 46 heavy (non-hydrogen) atoms. The van der Waals surface area contributed by atoms with Gasteiger partial charge in [-0.15, -0.1) is 11.3 Å². The number of carbonyl (C=O) groups is 2. The lowest BCUT2D eigenvalue weighted by atomic mass is 10.0. The van der Waals surface area contributed by atoms with E-state index in [4.69, 9.17) is 0 Å². The first-order valence-electron chi connectivity index (χ1n) is 16.3. The monoisotopic (exact) mass is 638 g/mol. The third-order valence-electron chi connectivity index (χ3n) is 8.43. The molecule has 1 aliphatic rings. The summed E-state index contributed by atoms with van der Waals surface area (Å²) in [6.07, 6.45) is 7.51. The standard InChI is InChI=1S/C37H46N6O2S/c1-26(2)32-16-29(22-39-23-32)21-38-13-12-33(17-28-10-6-5-7-11-28)41-36(44)30-18-31(20-34(19-30)43-14-8-9-15-43)37(45)42(4)24-35-40-27(3)25-46-35/h5-7,10-11,16,18-20,22-23,25-26,33,38H,8-9,12-15,17,21,24H2,1-4H3,(H,41,44)/t33-/m1/s1. The average Bonchev–Trinajstić information content (AvgIpc) is 3.75. The average molecular weight is 639 g/mol. The van der Waals surface area contributed by atoms with E-state index in [9.17, 15) is 9.59 Å². The Morgan fingerprint density at radius 1 is 1.00 bits per heavy atom. The maximum Gasteiger partial charge on any atom is 0.254 e. The number of amides is 2. The Balaban J connectivity index is 1.31. The molecule has 0 bridgehead atoms. The van der Waals surface area contributed by atoms with Crippen molar-refractivity contribution in [2.45, 2.75) is 71.5 Å². The Bertz CT molecular complexity index is 1600. The van der Waals surface area contributed by atoms with Gasteiger partial charge in [-0.25, -0.2) is 4.98 Å². The minimum Gasteiger partial charge on any atom is -0.371 e. The molecule has 3 heterocycles. The van der Waals surface area contributed by atoms with Crippen molar-refractivity contribution in [3.8, 4) is 0 Å². The lowest BCUT2D eigenvalue weighted by molar-refractivity contribution is 0.0785. The van der Waals surface area contributed by atoms with E-state index in [0.717, 1.165) is 67.4 Å². The second-order valence-electron chi connectivity index (χ2n) is 12.6. The van der Waals surface area contributed by atoms with Crippen molar-refractivity contribution in [3.05, 3.63) is 111 Å². The summed E-state index contributed by atoms with van der Waals surface area (Å²) in [6.45, 7) is 10.0. The van der Waals surface area contributed by atoms with Crippen LogP contribution in [0.15, 0.2) is 72.4 Å². The quantitative estimate of drug-likeness (QED) is 0.156. The summed E-state index contributed by atoms with van der Waals surface area (Å²) in [5, 5.41) is 9.75. The Hall–Kier alpha value is -4.08. The predicted molar refractivity (Wildman–Crippen MR) is 187 cm³/mol. The number of carbonyl (C=O) groups excluding carboxylic acids is 2. The number of thiazole rings is 1. The smallest absolute Gasteiger partial charge is 0.254 e. The van der Waals surface area contributed by atoms with Gasteiger partial charge in [-0.3, -0.25) is 14.6 Å². The number of aromatic nitrogens is 2. The number of benzene rings is 2. The minimum absolute atomic E-state index is 0.0899. The van der Waals surface area contributed by atoms with E-state index in [1.165, 1.54) is 11.1 Å². The second kappa shape index (κ2) is 16.0. The maximum absolute atomic E-state index is 13.9. The molecule has 0 unspecified atom stereocenters. The van der Waals surface area contributed by atoms with Crippen LogP contribution in [-0.4, -0.2) is 59.4 Å². The van der Waals surface area contributed by atoms with E-state index in [1.54, 1.807) is 29.4 Å². The van der Waals surface area contributed by atoms with Crippen LogP contribution in [-0.2, 0) is 19.5 Å². The molecule has 8 nitrogen and oxygen atoms in total. The zero-order valence-corrected chi connectivity index (χ0v) is 28.3. The Morgan fingerprint density at radius 2 is 1.76 bits per heavy atom. The van der Waals surface area contributed by atoms with Crippen LogP contribution < -0.4 is 15.5 Å². The molecule has 242 valence electrons. The van der Waals surface area contributed by atoms with Crippen molar-refractivity contribution < 1.29 is 9.59 Å². The third-order valence-corrected chi connectivity index (χ3v) is 9.38. The van der Waals surface area contributed by atoms with Crippen LogP contribution in [0.1, 0.15) is 87.1 Å². The van der Waals surface area contributed by atoms with Crippen molar-refractivity contribution in [2.75, 3.05) is 31.6 Å². The topological polar surface area (TPSA) is 90.5 Å². The van der Waals surface area contributed by atoms with Gasteiger partial charge < -0.3 is 20.4 Å². The number of nitrogens with one attached hydrogen (secondary N) is 2. The normalized spacial score (nSPS) is 13.6. The molecule has 0 aliphatic carbocycles. The largest absolute Gasteiger partial charge is 0.371 e. The Morgan fingerprint density at radius 3 is 2.48 bits per heavy atom. The number of nitrogens with zero attached hydrogens (tertiary/aromatic N) is 4. The van der Waals surface area contributed by atoms with Gasteiger partial charge >= 0.3 is 0 Å². The van der Waals surface area contributed by atoms with Gasteiger partial charge in [0.2, 0.25) is 0 Å². The molecule has 0 saturated carbocycles. The number of anilines is 1. The van der Waals surface area contributed by atoms with Crippen molar-refractivity contribution in [3.63, 3.8) is 0 Å². The summed E-state index contributed by atoms with van der Waals surface area (Å²) < 4.78 is 0. The van der Waals surface area contributed by atoms with Gasteiger partial charge in [0.1, 0.15) is 5.01 Å². The third kappa shape index (κ3) is 9.23. The molecule has 4 aromatic rings. The molecule has 9 heteroatoms. The van der Waals surface area contributed by atoms with Crippen LogP contribution in [0.4, 0.5) is 5.69 Å². The first-order chi connectivity index (χ1) is 22.2. The summed E-state index contributed by atoms with van der Waals surface area (Å²) in [4.78, 5) is 40.4. The summed E-state index contributed by atoms with van der Waals surface area (Å²) in [5.41, 5.74) is 6.45. The summed E-state index contributed by atoms with van der Waals surface area (Å²) in [7, 11) is 1.79. The van der Waals surface area contributed by atoms with Gasteiger partial charge in [0.25, 0.3) is 11.8 Å². The lowest BCUT2D eigenvalue weighted by Gasteiger charge is -2.23. The SMILES string of the molecule is Cc1csc(CN(C)C(=O)c2cc(C(=O)N[C@H](CCNCc3cncc(C(C)C)c3)Cc3ccccc3)cc(N3CCCC3)c2)n1. The molecule has 1 aliphatic heterocycles. The minimum atomic E-state index is -0.164. The molecule has 1 fully saturated rings. The summed E-state index contributed by atoms with van der Waals surface area (Å²) in [5.74, 6) is 0.146. The molecule has 2 N–H and O–H groups in total. The number of hydrogen-bond acceptors (Lipinski definition) is 7. The van der Waals surface area contributed by atoms with Crippen molar-refractivity contribution in [2.24, 2.45) is 0 Å². The molecule has 0 spiro atoms. The fourth-order valence-electron chi connectivity index (χ4n) is 5.82. The number of pyridine rings is 1. The highest BCUT2D eigenvalue weighted by Crippen LogP contribution is 2.25. The van der Waals surface area contributed by atoms with Crippen LogP contribution in [0, 0.1) is 6.92 Å². The van der Waals surface area contributed by atoms with E-state index in [2.05, 4.69) is 57.5 Å². The highest BCUT2D eigenvalue weighted by molar-refractivity contribution is 7.09. The predicted octanol–water partition coefficient (Wildman–Crippen LogP) is 6.36. The fourth-order valence-corrected chi connectivity index (χ4v) is 6.64. The fraction of sp³-hybridized carbons (Fsp3) is 0.405. The van der Waals surface area contributed by atoms with Gasteiger partial charge in [0.05, 0.1) is 6.54 Å². The van der Waals surface area contributed by atoms with Gasteiger partial charge in [0, 0.05) is 73.0 Å². The van der Waals surface area contributed by atoms with Gasteiger partial charge in [-0.2, -0.15) is 0 Å². The molecule has 1 saturated heterocycles. The van der Waals surface area contributed by atoms with Gasteiger partial charge in [-0.05, 0) is 80.0 Å². The summed E-state index contributed by atoms with van der Waals surface area (Å²) >= 11 is 1.55. The van der Waals surface area contributed by atoms with Gasteiger partial charge in [-0.1, -0.05) is 50.2 Å². The van der Waals surface area contributed by atoms with Gasteiger partial charge in [0.15, 0.2) is 0 Å². The Kier molecular flexibility index (Phi) is 11.5. The van der Waals surface area contributed by atoms with Crippen LogP contribution in [0.5, 0.6) is 0 Å². The van der Waals surface area contributed by atoms with Crippen molar-refractivity contribution >= 4 is 28.8 Å². The zero-order valence-electron chi connectivity index (χ0n) is 27.5. The van der Waals surface area contributed by atoms with Crippen LogP contribution >= 0.6 is 11.3 Å². The Labute approximate surface area is 277 Å². The number of hydrogen-bond donors (Lipinski definition) is 2. The van der Waals surface area contributed by atoms with E-state index in [1.807, 2.05) is 55.0 Å².